The number of ether oxygens (including phenoxy) is 1. The van der Waals surface area contributed by atoms with Gasteiger partial charge in [-0.3, -0.25) is 0 Å². The van der Waals surface area contributed by atoms with Gasteiger partial charge in [-0.2, -0.15) is 12.6 Å². The van der Waals surface area contributed by atoms with Crippen LogP contribution in [0.4, 0.5) is 0 Å². The van der Waals surface area contributed by atoms with Crippen molar-refractivity contribution in [2.24, 2.45) is 0 Å². The van der Waals surface area contributed by atoms with Crippen LogP contribution < -0.4 is 4.74 Å². The average Bonchev–Trinajstić information content (AvgIpc) is 2.14. The van der Waals surface area contributed by atoms with E-state index < -0.39 is 0 Å². The quantitative estimate of drug-likeness (QED) is 0.562. The van der Waals surface area contributed by atoms with Gasteiger partial charge in [-0.15, -0.1) is 0 Å². The van der Waals surface area contributed by atoms with E-state index in [-0.39, 0.29) is 0 Å². The monoisotopic (exact) mass is 196 g/mol. The van der Waals surface area contributed by atoms with Crippen molar-refractivity contribution in [3.05, 3.63) is 30.3 Å². The molecule has 1 atom stereocenters. The van der Waals surface area contributed by atoms with Crippen molar-refractivity contribution in [2.75, 3.05) is 6.61 Å². The third-order valence-electron chi connectivity index (χ3n) is 1.78. The first-order chi connectivity index (χ1) is 6.29. The maximum atomic E-state index is 5.52. The molecule has 0 fully saturated rings. The minimum absolute atomic E-state index is 0.472. The second-order valence-corrected chi connectivity index (χ2v) is 4.03. The van der Waals surface area contributed by atoms with E-state index in [0.717, 1.165) is 25.2 Å². The minimum atomic E-state index is 0.472. The van der Waals surface area contributed by atoms with Crippen LogP contribution in [-0.4, -0.2) is 11.9 Å². The maximum Gasteiger partial charge on any atom is 0.119 e. The van der Waals surface area contributed by atoms with Crippen molar-refractivity contribution in [3.8, 4) is 5.75 Å². The van der Waals surface area contributed by atoms with Crippen LogP contribution in [0, 0.1) is 0 Å². The van der Waals surface area contributed by atoms with Crippen LogP contribution >= 0.6 is 12.6 Å². The van der Waals surface area contributed by atoms with Crippen LogP contribution in [0.1, 0.15) is 19.8 Å². The fourth-order valence-corrected chi connectivity index (χ4v) is 1.27. The van der Waals surface area contributed by atoms with Gasteiger partial charge in [0, 0.05) is 0 Å². The Hall–Kier alpha value is -0.630. The molecule has 1 nitrogen and oxygen atoms in total. The number of para-hydroxylation sites is 1. The number of benzene rings is 1. The van der Waals surface area contributed by atoms with E-state index in [1.807, 2.05) is 30.3 Å². The SMILES string of the molecule is CC(S)CCCOc1ccccc1. The van der Waals surface area contributed by atoms with Crippen molar-refractivity contribution < 1.29 is 4.74 Å². The van der Waals surface area contributed by atoms with Gasteiger partial charge in [0.1, 0.15) is 5.75 Å². The van der Waals surface area contributed by atoms with Crippen molar-refractivity contribution in [3.63, 3.8) is 0 Å². The molecule has 0 N–H and O–H groups in total. The predicted octanol–water partition coefficient (Wildman–Crippen LogP) is 3.16. The summed E-state index contributed by atoms with van der Waals surface area (Å²) in [6.07, 6.45) is 2.18. The molecular formula is C11H16OS. The summed E-state index contributed by atoms with van der Waals surface area (Å²) in [6, 6.07) is 9.91. The summed E-state index contributed by atoms with van der Waals surface area (Å²) in [5.41, 5.74) is 0. The van der Waals surface area contributed by atoms with Gasteiger partial charge < -0.3 is 4.74 Å². The van der Waals surface area contributed by atoms with Crippen molar-refractivity contribution >= 4 is 12.6 Å². The van der Waals surface area contributed by atoms with Gasteiger partial charge in [0.2, 0.25) is 0 Å². The molecule has 2 heteroatoms. The van der Waals surface area contributed by atoms with Gasteiger partial charge in [-0.05, 0) is 30.2 Å². The molecule has 13 heavy (non-hydrogen) atoms. The zero-order valence-corrected chi connectivity index (χ0v) is 8.84. The lowest BCUT2D eigenvalue weighted by molar-refractivity contribution is 0.307. The highest BCUT2D eigenvalue weighted by Crippen LogP contribution is 2.10. The zero-order chi connectivity index (χ0) is 9.52. The van der Waals surface area contributed by atoms with Gasteiger partial charge >= 0.3 is 0 Å². The molecule has 0 bridgehead atoms. The van der Waals surface area contributed by atoms with Crippen LogP contribution in [0.3, 0.4) is 0 Å². The van der Waals surface area contributed by atoms with E-state index in [1.54, 1.807) is 0 Å². The second-order valence-electron chi connectivity index (χ2n) is 3.15. The van der Waals surface area contributed by atoms with Gasteiger partial charge in [-0.1, -0.05) is 25.1 Å². The molecule has 0 aliphatic heterocycles. The summed E-state index contributed by atoms with van der Waals surface area (Å²) >= 11 is 4.30. The summed E-state index contributed by atoms with van der Waals surface area (Å²) in [5.74, 6) is 0.953. The van der Waals surface area contributed by atoms with E-state index in [4.69, 9.17) is 4.74 Å². The number of rotatable bonds is 5. The number of hydrogen-bond donors (Lipinski definition) is 1. The molecule has 0 radical (unpaired) electrons. The topological polar surface area (TPSA) is 9.23 Å². The summed E-state index contributed by atoms with van der Waals surface area (Å²) in [5, 5.41) is 0.472. The van der Waals surface area contributed by atoms with Gasteiger partial charge in [0.15, 0.2) is 0 Å². The molecule has 1 rings (SSSR count). The minimum Gasteiger partial charge on any atom is -0.494 e. The largest absolute Gasteiger partial charge is 0.494 e. The summed E-state index contributed by atoms with van der Waals surface area (Å²) in [7, 11) is 0. The molecule has 0 saturated carbocycles. The molecule has 0 aliphatic rings. The molecule has 0 aromatic heterocycles. The first-order valence-corrected chi connectivity index (χ1v) is 5.16. The standard InChI is InChI=1S/C11H16OS/c1-10(13)6-5-9-12-11-7-3-2-4-8-11/h2-4,7-8,10,13H,5-6,9H2,1H3. The third kappa shape index (κ3) is 4.83. The van der Waals surface area contributed by atoms with Crippen LogP contribution in [0.15, 0.2) is 30.3 Å². The zero-order valence-electron chi connectivity index (χ0n) is 7.94. The lowest BCUT2D eigenvalue weighted by Gasteiger charge is -2.06. The van der Waals surface area contributed by atoms with Crippen molar-refractivity contribution in [1.29, 1.82) is 0 Å². The summed E-state index contributed by atoms with van der Waals surface area (Å²) in [4.78, 5) is 0. The highest BCUT2D eigenvalue weighted by Gasteiger charge is 1.95. The Morgan fingerprint density at radius 1 is 1.31 bits per heavy atom. The Balaban J connectivity index is 2.13. The van der Waals surface area contributed by atoms with E-state index in [1.165, 1.54) is 0 Å². The fraction of sp³-hybridized carbons (Fsp3) is 0.455. The molecule has 0 heterocycles. The van der Waals surface area contributed by atoms with Crippen LogP contribution in [0.25, 0.3) is 0 Å². The summed E-state index contributed by atoms with van der Waals surface area (Å²) < 4.78 is 5.52. The molecule has 1 unspecified atom stereocenters. The predicted molar refractivity (Wildman–Crippen MR) is 59.6 cm³/mol. The fourth-order valence-electron chi connectivity index (χ4n) is 1.09. The van der Waals surface area contributed by atoms with Gasteiger partial charge in [0.25, 0.3) is 0 Å². The number of thiol groups is 1. The normalized spacial score (nSPS) is 12.5. The maximum absolute atomic E-state index is 5.52. The lowest BCUT2D eigenvalue weighted by atomic mass is 10.2. The Kier molecular flexibility index (Phi) is 4.76. The summed E-state index contributed by atoms with van der Waals surface area (Å²) in [6.45, 7) is 2.89. The average molecular weight is 196 g/mol. The van der Waals surface area contributed by atoms with E-state index in [9.17, 15) is 0 Å². The molecule has 72 valence electrons. The molecule has 0 aliphatic carbocycles. The van der Waals surface area contributed by atoms with E-state index >= 15 is 0 Å². The molecule has 0 spiro atoms. The first kappa shape index (κ1) is 10.5. The smallest absolute Gasteiger partial charge is 0.119 e. The molecule has 1 aromatic rings. The van der Waals surface area contributed by atoms with Gasteiger partial charge in [0.05, 0.1) is 6.61 Å². The lowest BCUT2D eigenvalue weighted by Crippen LogP contribution is -2.00. The highest BCUT2D eigenvalue weighted by molar-refractivity contribution is 7.80. The Bertz CT molecular complexity index is 221. The Labute approximate surface area is 85.5 Å². The van der Waals surface area contributed by atoms with E-state index in [0.29, 0.717) is 5.25 Å². The van der Waals surface area contributed by atoms with Crippen molar-refractivity contribution in [2.45, 2.75) is 25.0 Å². The second kappa shape index (κ2) is 5.92. The van der Waals surface area contributed by atoms with E-state index in [2.05, 4.69) is 19.6 Å². The molecule has 0 saturated heterocycles. The van der Waals surface area contributed by atoms with Crippen molar-refractivity contribution in [1.82, 2.24) is 0 Å². The third-order valence-corrected chi connectivity index (χ3v) is 2.04. The number of hydrogen-bond acceptors (Lipinski definition) is 2. The highest BCUT2D eigenvalue weighted by atomic mass is 32.1. The van der Waals surface area contributed by atoms with Gasteiger partial charge in [-0.25, -0.2) is 0 Å². The Morgan fingerprint density at radius 2 is 2.00 bits per heavy atom. The Morgan fingerprint density at radius 3 is 2.62 bits per heavy atom. The van der Waals surface area contributed by atoms with Crippen LogP contribution in [-0.2, 0) is 0 Å². The first-order valence-electron chi connectivity index (χ1n) is 4.65. The van der Waals surface area contributed by atoms with Crippen LogP contribution in [0.5, 0.6) is 5.75 Å². The molecule has 1 aromatic carbocycles. The molecular weight excluding hydrogens is 180 g/mol. The molecule has 0 amide bonds. The van der Waals surface area contributed by atoms with Crippen LogP contribution in [0.2, 0.25) is 0 Å².